The highest BCUT2D eigenvalue weighted by Gasteiger charge is 2.42. The molecule has 5 rings (SSSR count). The Morgan fingerprint density at radius 2 is 2.00 bits per heavy atom. The Kier molecular flexibility index (Phi) is 4.43. The van der Waals surface area contributed by atoms with Gasteiger partial charge in [-0.25, -0.2) is 0 Å². The van der Waals surface area contributed by atoms with E-state index in [1.807, 2.05) is 23.1 Å². The highest BCUT2D eigenvalue weighted by molar-refractivity contribution is 6.33. The van der Waals surface area contributed by atoms with Crippen LogP contribution in [0.25, 0.3) is 11.5 Å². The Morgan fingerprint density at radius 3 is 2.70 bits per heavy atom. The van der Waals surface area contributed by atoms with Gasteiger partial charge in [-0.2, -0.15) is 0 Å². The molecule has 142 valence electrons. The number of carbonyl (C=O) groups is 1. The van der Waals surface area contributed by atoms with Crippen LogP contribution < -0.4 is 0 Å². The average molecular weight is 386 g/mol. The number of aromatic nitrogens is 2. The van der Waals surface area contributed by atoms with Crippen LogP contribution in [0.15, 0.2) is 28.7 Å². The maximum atomic E-state index is 13.0. The highest BCUT2D eigenvalue weighted by Crippen LogP contribution is 2.50. The maximum Gasteiger partial charge on any atom is 0.249 e. The summed E-state index contributed by atoms with van der Waals surface area (Å²) in [6.07, 6.45) is 8.11. The van der Waals surface area contributed by atoms with Gasteiger partial charge < -0.3 is 9.32 Å². The third-order valence-electron chi connectivity index (χ3n) is 6.51. The summed E-state index contributed by atoms with van der Waals surface area (Å²) in [5.41, 5.74) is 0.726. The summed E-state index contributed by atoms with van der Waals surface area (Å²) in [6, 6.07) is 7.76. The van der Waals surface area contributed by atoms with Crippen molar-refractivity contribution in [3.05, 3.63) is 35.2 Å². The molecule has 0 N–H and O–H groups in total. The fraction of sp³-hybridized carbons (Fsp3) is 0.571. The summed E-state index contributed by atoms with van der Waals surface area (Å²) in [4.78, 5) is 15.0. The van der Waals surface area contributed by atoms with Gasteiger partial charge in [0.25, 0.3) is 0 Å². The van der Waals surface area contributed by atoms with Gasteiger partial charge in [-0.05, 0) is 62.0 Å². The zero-order valence-corrected chi connectivity index (χ0v) is 16.1. The number of rotatable bonds is 6. The van der Waals surface area contributed by atoms with Crippen LogP contribution >= 0.6 is 11.6 Å². The molecule has 0 aliphatic heterocycles. The molecule has 0 saturated heterocycles. The third-order valence-corrected chi connectivity index (χ3v) is 6.84. The minimum atomic E-state index is 0.257. The van der Waals surface area contributed by atoms with Crippen molar-refractivity contribution in [2.75, 3.05) is 0 Å². The first-order valence-electron chi connectivity index (χ1n) is 10.0. The smallest absolute Gasteiger partial charge is 0.249 e. The van der Waals surface area contributed by atoms with Crippen molar-refractivity contribution in [2.24, 2.45) is 17.8 Å². The van der Waals surface area contributed by atoms with Crippen molar-refractivity contribution in [2.45, 2.75) is 57.5 Å². The molecule has 2 bridgehead atoms. The molecule has 1 aromatic carbocycles. The normalized spacial score (nSPS) is 26.5. The molecule has 27 heavy (non-hydrogen) atoms. The monoisotopic (exact) mass is 385 g/mol. The molecule has 1 heterocycles. The summed E-state index contributed by atoms with van der Waals surface area (Å²) >= 11 is 6.22. The van der Waals surface area contributed by atoms with Gasteiger partial charge in [-0.15, -0.1) is 10.2 Å². The first-order chi connectivity index (χ1) is 13.2. The number of benzene rings is 1. The molecule has 2 aromatic rings. The Bertz CT molecular complexity index is 847. The summed E-state index contributed by atoms with van der Waals surface area (Å²) in [5, 5.41) is 8.88. The minimum absolute atomic E-state index is 0.257. The van der Waals surface area contributed by atoms with Crippen LogP contribution in [0, 0.1) is 17.8 Å². The van der Waals surface area contributed by atoms with Gasteiger partial charge in [0.15, 0.2) is 0 Å². The summed E-state index contributed by atoms with van der Waals surface area (Å²) in [5.74, 6) is 3.38. The Morgan fingerprint density at radius 1 is 1.15 bits per heavy atom. The van der Waals surface area contributed by atoms with E-state index >= 15 is 0 Å². The van der Waals surface area contributed by atoms with Crippen molar-refractivity contribution < 1.29 is 9.21 Å². The highest BCUT2D eigenvalue weighted by atomic mass is 35.5. The summed E-state index contributed by atoms with van der Waals surface area (Å²) in [6.45, 7) is 0.405. The molecule has 1 aromatic heterocycles. The standard InChI is InChI=1S/C21H24ClN3O2/c22-18-4-2-1-3-17(18)21-24-23-19(27-21)12-25(16-7-8-16)20(26)11-15-10-13-5-6-14(15)9-13/h1-4,13-16H,5-12H2/t13-,14-,15-/m0/s1. The fourth-order valence-electron chi connectivity index (χ4n) is 4.98. The lowest BCUT2D eigenvalue weighted by molar-refractivity contribution is -0.134. The van der Waals surface area contributed by atoms with Gasteiger partial charge in [-0.3, -0.25) is 4.79 Å². The van der Waals surface area contributed by atoms with Crippen LogP contribution in [-0.2, 0) is 11.3 Å². The molecular formula is C21H24ClN3O2. The van der Waals surface area contributed by atoms with Gasteiger partial charge in [0.1, 0.15) is 0 Å². The lowest BCUT2D eigenvalue weighted by Crippen LogP contribution is -2.34. The Balaban J connectivity index is 1.28. The molecule has 3 fully saturated rings. The van der Waals surface area contributed by atoms with Gasteiger partial charge in [0, 0.05) is 12.5 Å². The van der Waals surface area contributed by atoms with Crippen molar-refractivity contribution in [1.29, 1.82) is 0 Å². The van der Waals surface area contributed by atoms with Crippen molar-refractivity contribution in [3.8, 4) is 11.5 Å². The van der Waals surface area contributed by atoms with E-state index in [1.165, 1.54) is 25.7 Å². The van der Waals surface area contributed by atoms with E-state index in [0.717, 1.165) is 30.2 Å². The largest absolute Gasteiger partial charge is 0.419 e. The third kappa shape index (κ3) is 3.49. The van der Waals surface area contributed by atoms with Crippen molar-refractivity contribution in [3.63, 3.8) is 0 Å². The zero-order valence-electron chi connectivity index (χ0n) is 15.3. The van der Waals surface area contributed by atoms with Crippen LogP contribution in [0.1, 0.15) is 50.8 Å². The number of hydrogen-bond donors (Lipinski definition) is 0. The summed E-state index contributed by atoms with van der Waals surface area (Å²) < 4.78 is 5.83. The van der Waals surface area contributed by atoms with E-state index in [2.05, 4.69) is 10.2 Å². The molecule has 1 amide bonds. The predicted molar refractivity (Wildman–Crippen MR) is 102 cm³/mol. The molecule has 3 saturated carbocycles. The van der Waals surface area contributed by atoms with Gasteiger partial charge in [-0.1, -0.05) is 30.2 Å². The van der Waals surface area contributed by atoms with Crippen molar-refractivity contribution >= 4 is 17.5 Å². The van der Waals surface area contributed by atoms with Crippen molar-refractivity contribution in [1.82, 2.24) is 15.1 Å². The van der Waals surface area contributed by atoms with E-state index in [0.29, 0.717) is 41.7 Å². The molecule has 3 aliphatic rings. The Labute approximate surface area is 164 Å². The van der Waals surface area contributed by atoms with Crippen LogP contribution in [-0.4, -0.2) is 27.0 Å². The van der Waals surface area contributed by atoms with Gasteiger partial charge in [0.2, 0.25) is 17.7 Å². The van der Waals surface area contributed by atoms with Crippen LogP contribution in [0.2, 0.25) is 5.02 Å². The molecule has 0 unspecified atom stereocenters. The zero-order chi connectivity index (χ0) is 18.4. The first kappa shape index (κ1) is 17.2. The van der Waals surface area contributed by atoms with Crippen LogP contribution in [0.3, 0.4) is 0 Å². The number of halogens is 1. The molecule has 5 nitrogen and oxygen atoms in total. The molecule has 3 atom stereocenters. The molecule has 0 spiro atoms. The number of nitrogens with zero attached hydrogens (tertiary/aromatic N) is 3. The van der Waals surface area contributed by atoms with E-state index in [4.69, 9.17) is 16.0 Å². The molecule has 3 aliphatic carbocycles. The average Bonchev–Trinajstić information content (AvgIpc) is 3.06. The SMILES string of the molecule is O=C(C[C@@H]1C[C@H]2CC[C@H]1C2)N(Cc1nnc(-c2ccccc2Cl)o1)C1CC1. The quantitative estimate of drug-likeness (QED) is 0.722. The molecular weight excluding hydrogens is 362 g/mol. The fourth-order valence-corrected chi connectivity index (χ4v) is 5.20. The minimum Gasteiger partial charge on any atom is -0.419 e. The van der Waals surface area contributed by atoms with Crippen LogP contribution in [0.5, 0.6) is 0 Å². The van der Waals surface area contributed by atoms with E-state index in [1.54, 1.807) is 6.07 Å². The second kappa shape index (κ2) is 6.93. The van der Waals surface area contributed by atoms with Gasteiger partial charge in [0.05, 0.1) is 17.1 Å². The lowest BCUT2D eigenvalue weighted by Gasteiger charge is -2.26. The Hall–Kier alpha value is -1.88. The maximum absolute atomic E-state index is 13.0. The summed E-state index contributed by atoms with van der Waals surface area (Å²) in [7, 11) is 0. The topological polar surface area (TPSA) is 59.2 Å². The first-order valence-corrected chi connectivity index (χ1v) is 10.4. The van der Waals surface area contributed by atoms with E-state index in [-0.39, 0.29) is 5.91 Å². The van der Waals surface area contributed by atoms with E-state index in [9.17, 15) is 4.79 Å². The number of amides is 1. The molecule has 0 radical (unpaired) electrons. The number of carbonyl (C=O) groups excluding carboxylic acids is 1. The second-order valence-corrected chi connectivity index (χ2v) is 8.78. The lowest BCUT2D eigenvalue weighted by atomic mass is 9.86. The van der Waals surface area contributed by atoms with Crippen LogP contribution in [0.4, 0.5) is 0 Å². The number of hydrogen-bond acceptors (Lipinski definition) is 4. The number of fused-ring (bicyclic) bond motifs is 2. The predicted octanol–water partition coefficient (Wildman–Crippen LogP) is 4.71. The second-order valence-electron chi connectivity index (χ2n) is 8.37. The van der Waals surface area contributed by atoms with E-state index < -0.39 is 0 Å². The molecule has 6 heteroatoms. The van der Waals surface area contributed by atoms with Gasteiger partial charge >= 0.3 is 0 Å².